The van der Waals surface area contributed by atoms with Crippen molar-refractivity contribution in [3.63, 3.8) is 0 Å². The van der Waals surface area contributed by atoms with E-state index in [1.165, 1.54) is 25.2 Å². The van der Waals surface area contributed by atoms with Gasteiger partial charge in [0.15, 0.2) is 11.5 Å². The summed E-state index contributed by atoms with van der Waals surface area (Å²) in [5.74, 6) is 5.12. The van der Waals surface area contributed by atoms with Gasteiger partial charge in [0.1, 0.15) is 5.82 Å². The van der Waals surface area contributed by atoms with Crippen molar-refractivity contribution in [2.24, 2.45) is 5.84 Å². The molecule has 0 saturated heterocycles. The van der Waals surface area contributed by atoms with Gasteiger partial charge in [-0.25, -0.2) is 10.6 Å². The number of aromatic hydroxyl groups is 2. The number of nitrogens with zero attached hydrogens (tertiary/aromatic N) is 3. The van der Waals surface area contributed by atoms with Crippen LogP contribution in [0.3, 0.4) is 0 Å². The summed E-state index contributed by atoms with van der Waals surface area (Å²) in [4.78, 5) is 21.3. The summed E-state index contributed by atoms with van der Waals surface area (Å²) in [5.41, 5.74) is -0.187. The number of hydrogen-bond donors (Lipinski definition) is 4. The van der Waals surface area contributed by atoms with E-state index in [1.807, 2.05) is 0 Å². The third-order valence-electron chi connectivity index (χ3n) is 2.20. The summed E-state index contributed by atoms with van der Waals surface area (Å²) < 4.78 is 0. The maximum absolute atomic E-state index is 11.3. The molecular weight excluding hydrogens is 238 g/mol. The lowest BCUT2D eigenvalue weighted by atomic mass is 10.2. The topological polar surface area (TPSA) is 128 Å². The Morgan fingerprint density at radius 2 is 2.00 bits per heavy atom. The number of phenols is 2. The highest BCUT2D eigenvalue weighted by Gasteiger charge is 2.09. The molecule has 8 heteroatoms. The molecule has 0 aliphatic rings. The third kappa shape index (κ3) is 2.23. The smallest absolute Gasteiger partial charge is 0.349 e. The van der Waals surface area contributed by atoms with Crippen LogP contribution in [0.25, 0.3) is 11.4 Å². The Morgan fingerprint density at radius 3 is 2.61 bits per heavy atom. The largest absolute Gasteiger partial charge is 0.504 e. The number of phenolic OH excluding ortho intramolecular Hbond substituents is 2. The normalized spacial score (nSPS) is 10.3. The maximum Gasteiger partial charge on any atom is 0.349 e. The van der Waals surface area contributed by atoms with Crippen LogP contribution in [0, 0.1) is 0 Å². The van der Waals surface area contributed by atoms with Gasteiger partial charge in [-0.05, 0) is 18.2 Å². The highest BCUT2D eigenvalue weighted by Crippen LogP contribution is 2.28. The highest BCUT2D eigenvalue weighted by atomic mass is 16.3. The molecule has 1 heterocycles. The van der Waals surface area contributed by atoms with E-state index in [9.17, 15) is 15.0 Å². The molecular formula is C10H11N5O3. The number of rotatable bonds is 2. The highest BCUT2D eigenvalue weighted by molar-refractivity contribution is 5.60. The molecule has 0 saturated carbocycles. The molecule has 0 unspecified atom stereocenters. The van der Waals surface area contributed by atoms with E-state index in [2.05, 4.69) is 15.0 Å². The van der Waals surface area contributed by atoms with Crippen LogP contribution in [0.2, 0.25) is 0 Å². The second-order valence-electron chi connectivity index (χ2n) is 3.62. The molecule has 0 aliphatic carbocycles. The predicted octanol–water partition coefficient (Wildman–Crippen LogP) is -0.447. The lowest BCUT2D eigenvalue weighted by molar-refractivity contribution is 0.404. The van der Waals surface area contributed by atoms with E-state index in [4.69, 9.17) is 5.84 Å². The quantitative estimate of drug-likeness (QED) is 0.322. The van der Waals surface area contributed by atoms with Crippen molar-refractivity contribution >= 4 is 5.95 Å². The average Bonchev–Trinajstić information content (AvgIpc) is 2.31. The minimum absolute atomic E-state index is 0.0429. The van der Waals surface area contributed by atoms with Crippen LogP contribution in [0.5, 0.6) is 11.5 Å². The van der Waals surface area contributed by atoms with E-state index in [-0.39, 0.29) is 23.3 Å². The van der Waals surface area contributed by atoms with Crippen molar-refractivity contribution < 1.29 is 10.2 Å². The molecule has 5 N–H and O–H groups in total. The van der Waals surface area contributed by atoms with Gasteiger partial charge < -0.3 is 10.2 Å². The third-order valence-corrected chi connectivity index (χ3v) is 2.20. The zero-order chi connectivity index (χ0) is 13.3. The van der Waals surface area contributed by atoms with Gasteiger partial charge in [-0.1, -0.05) is 0 Å². The molecule has 0 radical (unpaired) electrons. The summed E-state index contributed by atoms with van der Waals surface area (Å²) in [7, 11) is 1.49. The molecule has 1 aromatic carbocycles. The summed E-state index contributed by atoms with van der Waals surface area (Å²) in [6, 6.07) is 4.05. The number of benzene rings is 1. The van der Waals surface area contributed by atoms with Crippen molar-refractivity contribution in [2.75, 3.05) is 12.1 Å². The number of nitrogens with two attached hydrogens (primary N) is 1. The number of nitrogens with one attached hydrogen (secondary N) is 1. The summed E-state index contributed by atoms with van der Waals surface area (Å²) >= 11 is 0. The van der Waals surface area contributed by atoms with E-state index in [1.54, 1.807) is 0 Å². The number of aromatic nitrogens is 3. The van der Waals surface area contributed by atoms with E-state index in [0.29, 0.717) is 5.56 Å². The first kappa shape index (κ1) is 11.9. The van der Waals surface area contributed by atoms with Gasteiger partial charge >= 0.3 is 5.69 Å². The van der Waals surface area contributed by atoms with Gasteiger partial charge in [0.05, 0.1) is 0 Å². The predicted molar refractivity (Wildman–Crippen MR) is 64.0 cm³/mol. The summed E-state index contributed by atoms with van der Waals surface area (Å²) in [6.07, 6.45) is 0. The fourth-order valence-corrected chi connectivity index (χ4v) is 1.34. The molecule has 18 heavy (non-hydrogen) atoms. The van der Waals surface area contributed by atoms with Crippen LogP contribution in [0.1, 0.15) is 0 Å². The monoisotopic (exact) mass is 249 g/mol. The Kier molecular flexibility index (Phi) is 2.86. The first-order chi connectivity index (χ1) is 8.47. The zero-order valence-corrected chi connectivity index (χ0v) is 9.45. The number of anilines is 1. The van der Waals surface area contributed by atoms with Gasteiger partial charge in [-0.2, -0.15) is 9.97 Å². The lowest BCUT2D eigenvalue weighted by Crippen LogP contribution is -2.30. The van der Waals surface area contributed by atoms with Gasteiger partial charge in [0, 0.05) is 12.6 Å². The molecule has 2 aromatic rings. The molecule has 0 fully saturated rings. The Balaban J connectivity index is 2.56. The van der Waals surface area contributed by atoms with Crippen LogP contribution in [-0.4, -0.2) is 32.2 Å². The maximum atomic E-state index is 11.3. The molecule has 0 spiro atoms. The first-order valence-corrected chi connectivity index (χ1v) is 4.96. The van der Waals surface area contributed by atoms with E-state index >= 15 is 0 Å². The van der Waals surface area contributed by atoms with Crippen molar-refractivity contribution in [3.8, 4) is 22.9 Å². The van der Waals surface area contributed by atoms with Crippen molar-refractivity contribution in [1.29, 1.82) is 0 Å². The van der Waals surface area contributed by atoms with Crippen LogP contribution in [0.4, 0.5) is 5.95 Å². The number of H-pyrrole nitrogens is 1. The average molecular weight is 249 g/mol. The first-order valence-electron chi connectivity index (χ1n) is 4.96. The fourth-order valence-electron chi connectivity index (χ4n) is 1.34. The van der Waals surface area contributed by atoms with Crippen LogP contribution in [0.15, 0.2) is 23.0 Å². The number of hydrogen-bond acceptors (Lipinski definition) is 7. The lowest BCUT2D eigenvalue weighted by Gasteiger charge is -2.10. The zero-order valence-electron chi connectivity index (χ0n) is 9.45. The van der Waals surface area contributed by atoms with Gasteiger partial charge in [-0.15, -0.1) is 0 Å². The molecule has 0 bridgehead atoms. The Hall–Kier alpha value is -2.61. The molecule has 2 rings (SSSR count). The van der Waals surface area contributed by atoms with Gasteiger partial charge in [-0.3, -0.25) is 9.99 Å². The molecule has 94 valence electrons. The fraction of sp³-hybridized carbons (Fsp3) is 0.100. The Bertz CT molecular complexity index is 638. The minimum Gasteiger partial charge on any atom is -0.504 e. The van der Waals surface area contributed by atoms with Gasteiger partial charge in [0.2, 0.25) is 5.95 Å². The number of aromatic amines is 1. The second-order valence-corrected chi connectivity index (χ2v) is 3.62. The Labute approximate surface area is 101 Å². The SMILES string of the molecule is CN(N)c1nc(-c2ccc(O)c(O)c2)[nH]c(=O)n1. The Morgan fingerprint density at radius 1 is 1.28 bits per heavy atom. The summed E-state index contributed by atoms with van der Waals surface area (Å²) in [5, 5.41) is 19.7. The standard InChI is InChI=1S/C10H11N5O3/c1-15(11)9-12-8(13-10(18)14-9)5-2-3-6(16)7(17)4-5/h2-4,16-17H,11H2,1H3,(H,12,13,14,18). The molecule has 8 nitrogen and oxygen atoms in total. The van der Waals surface area contributed by atoms with Crippen LogP contribution < -0.4 is 16.5 Å². The van der Waals surface area contributed by atoms with Crippen LogP contribution >= 0.6 is 0 Å². The van der Waals surface area contributed by atoms with Crippen molar-refractivity contribution in [3.05, 3.63) is 28.7 Å². The molecule has 1 aromatic heterocycles. The molecule has 0 aliphatic heterocycles. The second kappa shape index (κ2) is 4.34. The van der Waals surface area contributed by atoms with Crippen molar-refractivity contribution in [2.45, 2.75) is 0 Å². The van der Waals surface area contributed by atoms with Gasteiger partial charge in [0.25, 0.3) is 0 Å². The van der Waals surface area contributed by atoms with E-state index in [0.717, 1.165) is 5.01 Å². The minimum atomic E-state index is -0.611. The number of hydrazine groups is 1. The molecule has 0 atom stereocenters. The molecule has 0 amide bonds. The van der Waals surface area contributed by atoms with Crippen LogP contribution in [-0.2, 0) is 0 Å². The summed E-state index contributed by atoms with van der Waals surface area (Å²) in [6.45, 7) is 0. The van der Waals surface area contributed by atoms with Crippen molar-refractivity contribution in [1.82, 2.24) is 15.0 Å². The van der Waals surface area contributed by atoms with E-state index < -0.39 is 5.69 Å².